The largest absolute Gasteiger partial charge is 0.398 e. The molecule has 92 valence electrons. The lowest BCUT2D eigenvalue weighted by molar-refractivity contribution is -0.132. The number of nitrogens with one attached hydrogen (secondary N) is 1. The van der Waals surface area contributed by atoms with E-state index in [1.165, 1.54) is 0 Å². The lowest BCUT2D eigenvalue weighted by atomic mass is 10.0. The van der Waals surface area contributed by atoms with Crippen LogP contribution < -0.4 is 11.1 Å². The first-order chi connectivity index (χ1) is 8.06. The Morgan fingerprint density at radius 3 is 2.88 bits per heavy atom. The number of likely N-dealkylation sites (tertiary alicyclic amines) is 1. The second kappa shape index (κ2) is 4.65. The molecule has 0 aromatic heterocycles. The summed E-state index contributed by atoms with van der Waals surface area (Å²) in [4.78, 5) is 13.1. The molecule has 1 atom stereocenters. The minimum Gasteiger partial charge on any atom is -0.398 e. The maximum absolute atomic E-state index is 11.4. The number of nitrogens with two attached hydrogens (primary N) is 1. The average molecular weight is 233 g/mol. The van der Waals surface area contributed by atoms with E-state index in [0.717, 1.165) is 29.9 Å². The highest BCUT2D eigenvalue weighted by molar-refractivity contribution is 5.77. The number of hydrogen-bond donors (Lipinski definition) is 2. The summed E-state index contributed by atoms with van der Waals surface area (Å²) < 4.78 is 0. The van der Waals surface area contributed by atoms with Crippen LogP contribution in [0, 0.1) is 6.92 Å². The van der Waals surface area contributed by atoms with Crippen LogP contribution in [0.5, 0.6) is 0 Å². The first-order valence-corrected chi connectivity index (χ1v) is 5.93. The molecule has 4 heteroatoms. The molecule has 0 bridgehead atoms. The van der Waals surface area contributed by atoms with Crippen LogP contribution in [0.3, 0.4) is 0 Å². The van der Waals surface area contributed by atoms with Gasteiger partial charge in [-0.25, -0.2) is 0 Å². The van der Waals surface area contributed by atoms with E-state index in [-0.39, 0.29) is 5.91 Å². The van der Waals surface area contributed by atoms with Crippen molar-refractivity contribution in [3.63, 3.8) is 0 Å². The standard InChI is InChI=1S/C13H19N3O/c1-9-3-4-10(7-12(9)14)15-11-5-6-13(17)16(2)8-11/h3-4,7,11,15H,5-6,8,14H2,1-2H3. The van der Waals surface area contributed by atoms with Gasteiger partial charge in [-0.15, -0.1) is 0 Å². The molecular weight excluding hydrogens is 214 g/mol. The summed E-state index contributed by atoms with van der Waals surface area (Å²) in [5, 5.41) is 3.43. The van der Waals surface area contributed by atoms with Crippen molar-refractivity contribution >= 4 is 17.3 Å². The molecule has 1 aliphatic rings. The number of piperidine rings is 1. The zero-order valence-electron chi connectivity index (χ0n) is 10.4. The number of rotatable bonds is 2. The average Bonchev–Trinajstić information content (AvgIpc) is 2.29. The van der Waals surface area contributed by atoms with Gasteiger partial charge in [0.25, 0.3) is 0 Å². The Kier molecular flexibility index (Phi) is 3.22. The highest BCUT2D eigenvalue weighted by atomic mass is 16.2. The summed E-state index contributed by atoms with van der Waals surface area (Å²) in [6.07, 6.45) is 1.51. The van der Waals surface area contributed by atoms with E-state index in [4.69, 9.17) is 5.73 Å². The van der Waals surface area contributed by atoms with Crippen LogP contribution in [0.2, 0.25) is 0 Å². The van der Waals surface area contributed by atoms with Crippen LogP contribution in [-0.4, -0.2) is 30.4 Å². The summed E-state index contributed by atoms with van der Waals surface area (Å²) in [7, 11) is 1.85. The van der Waals surface area contributed by atoms with Crippen molar-refractivity contribution in [1.29, 1.82) is 0 Å². The van der Waals surface area contributed by atoms with Gasteiger partial charge in [-0.2, -0.15) is 0 Å². The van der Waals surface area contributed by atoms with Crippen LogP contribution in [0.15, 0.2) is 18.2 Å². The second-order valence-electron chi connectivity index (χ2n) is 4.73. The summed E-state index contributed by atoms with van der Waals surface area (Å²) in [6.45, 7) is 2.75. The van der Waals surface area contributed by atoms with Gasteiger partial charge >= 0.3 is 0 Å². The summed E-state index contributed by atoms with van der Waals surface area (Å²) in [5.74, 6) is 0.228. The van der Waals surface area contributed by atoms with Gasteiger partial charge in [0.2, 0.25) is 5.91 Å². The van der Waals surface area contributed by atoms with Crippen molar-refractivity contribution in [2.24, 2.45) is 0 Å². The van der Waals surface area contributed by atoms with Gasteiger partial charge < -0.3 is 16.0 Å². The molecule has 1 unspecified atom stereocenters. The molecule has 4 nitrogen and oxygen atoms in total. The Balaban J connectivity index is 2.01. The molecule has 0 spiro atoms. The third-order valence-corrected chi connectivity index (χ3v) is 3.28. The summed E-state index contributed by atoms with van der Waals surface area (Å²) >= 11 is 0. The number of carbonyl (C=O) groups is 1. The number of nitrogens with zero attached hydrogens (tertiary/aromatic N) is 1. The van der Waals surface area contributed by atoms with Gasteiger partial charge in [0.1, 0.15) is 0 Å². The van der Waals surface area contributed by atoms with E-state index >= 15 is 0 Å². The second-order valence-corrected chi connectivity index (χ2v) is 4.73. The normalized spacial score (nSPS) is 20.5. The SMILES string of the molecule is Cc1ccc(NC2CCC(=O)N(C)C2)cc1N. The minimum atomic E-state index is 0.228. The molecule has 3 N–H and O–H groups in total. The maximum Gasteiger partial charge on any atom is 0.222 e. The lowest BCUT2D eigenvalue weighted by Gasteiger charge is -2.30. The van der Waals surface area contributed by atoms with Gasteiger partial charge in [-0.1, -0.05) is 6.07 Å². The van der Waals surface area contributed by atoms with Gasteiger partial charge in [-0.05, 0) is 31.0 Å². The van der Waals surface area contributed by atoms with Gasteiger partial charge in [0, 0.05) is 37.4 Å². The molecule has 1 aromatic carbocycles. The molecule has 1 aromatic rings. The predicted octanol–water partition coefficient (Wildman–Crippen LogP) is 1.61. The van der Waals surface area contributed by atoms with E-state index in [1.807, 2.05) is 32.2 Å². The fourth-order valence-electron chi connectivity index (χ4n) is 2.10. The quantitative estimate of drug-likeness (QED) is 0.763. The lowest BCUT2D eigenvalue weighted by Crippen LogP contribution is -2.43. The first kappa shape index (κ1) is 11.8. The van der Waals surface area contributed by atoms with E-state index in [0.29, 0.717) is 12.5 Å². The van der Waals surface area contributed by atoms with Crippen LogP contribution >= 0.6 is 0 Å². The Hall–Kier alpha value is -1.71. The van der Waals surface area contributed by atoms with E-state index in [9.17, 15) is 4.79 Å². The number of hydrogen-bond acceptors (Lipinski definition) is 3. The number of aryl methyl sites for hydroxylation is 1. The molecule has 0 saturated carbocycles. The topological polar surface area (TPSA) is 58.4 Å². The molecule has 1 fully saturated rings. The van der Waals surface area contributed by atoms with Gasteiger partial charge in [0.15, 0.2) is 0 Å². The van der Waals surface area contributed by atoms with Crippen molar-refractivity contribution in [3.05, 3.63) is 23.8 Å². The van der Waals surface area contributed by atoms with Crippen molar-refractivity contribution in [1.82, 2.24) is 4.90 Å². The van der Waals surface area contributed by atoms with Crippen molar-refractivity contribution in [2.45, 2.75) is 25.8 Å². The van der Waals surface area contributed by atoms with Crippen molar-refractivity contribution in [2.75, 3.05) is 24.6 Å². The zero-order chi connectivity index (χ0) is 12.4. The highest BCUT2D eigenvalue weighted by Gasteiger charge is 2.22. The minimum absolute atomic E-state index is 0.228. The molecule has 1 saturated heterocycles. The number of nitrogen functional groups attached to an aromatic ring is 1. The number of anilines is 2. The van der Waals surface area contributed by atoms with Crippen molar-refractivity contribution in [3.8, 4) is 0 Å². The molecule has 2 rings (SSSR count). The Morgan fingerprint density at radius 2 is 2.24 bits per heavy atom. The third-order valence-electron chi connectivity index (χ3n) is 3.28. The maximum atomic E-state index is 11.4. The van der Waals surface area contributed by atoms with Crippen LogP contribution in [0.25, 0.3) is 0 Å². The highest BCUT2D eigenvalue weighted by Crippen LogP contribution is 2.20. The van der Waals surface area contributed by atoms with Crippen LogP contribution in [-0.2, 0) is 4.79 Å². The van der Waals surface area contributed by atoms with E-state index in [1.54, 1.807) is 4.90 Å². The Bertz CT molecular complexity index is 431. The number of benzene rings is 1. The Morgan fingerprint density at radius 1 is 1.47 bits per heavy atom. The van der Waals surface area contributed by atoms with Crippen molar-refractivity contribution < 1.29 is 4.79 Å². The number of likely N-dealkylation sites (N-methyl/N-ethyl adjacent to an activating group) is 1. The number of amides is 1. The van der Waals surface area contributed by atoms with Crippen LogP contribution in [0.1, 0.15) is 18.4 Å². The van der Waals surface area contributed by atoms with Crippen LogP contribution in [0.4, 0.5) is 11.4 Å². The summed E-state index contributed by atoms with van der Waals surface area (Å²) in [6, 6.07) is 6.31. The fourth-order valence-corrected chi connectivity index (χ4v) is 2.10. The summed E-state index contributed by atoms with van der Waals surface area (Å²) in [5.41, 5.74) is 8.79. The van der Waals surface area contributed by atoms with E-state index < -0.39 is 0 Å². The van der Waals surface area contributed by atoms with E-state index in [2.05, 4.69) is 5.32 Å². The van der Waals surface area contributed by atoms with Gasteiger partial charge in [-0.3, -0.25) is 4.79 Å². The molecule has 17 heavy (non-hydrogen) atoms. The first-order valence-electron chi connectivity index (χ1n) is 5.93. The molecule has 1 aliphatic heterocycles. The van der Waals surface area contributed by atoms with Gasteiger partial charge in [0.05, 0.1) is 0 Å². The Labute approximate surface area is 102 Å². The third kappa shape index (κ3) is 2.70. The molecule has 0 radical (unpaired) electrons. The molecule has 1 amide bonds. The fraction of sp³-hybridized carbons (Fsp3) is 0.462. The zero-order valence-corrected chi connectivity index (χ0v) is 10.4. The monoisotopic (exact) mass is 233 g/mol. The molecular formula is C13H19N3O. The smallest absolute Gasteiger partial charge is 0.222 e. The number of carbonyl (C=O) groups excluding carboxylic acids is 1. The molecule has 1 heterocycles. The molecule has 0 aliphatic carbocycles. The predicted molar refractivity (Wildman–Crippen MR) is 69.9 cm³/mol.